The molecule has 0 amide bonds. The van der Waals surface area contributed by atoms with Crippen LogP contribution in [0.3, 0.4) is 0 Å². The molecular weight excluding hydrogens is 130 g/mol. The van der Waals surface area contributed by atoms with Gasteiger partial charge in [-0.15, -0.1) is 0 Å². The van der Waals surface area contributed by atoms with E-state index in [9.17, 15) is 0 Å². The number of aliphatic hydroxyl groups excluding tert-OH is 1. The molecule has 0 aliphatic carbocycles. The van der Waals surface area contributed by atoms with Crippen molar-refractivity contribution in [1.29, 1.82) is 0 Å². The van der Waals surface area contributed by atoms with Crippen molar-refractivity contribution in [1.82, 2.24) is 5.32 Å². The van der Waals surface area contributed by atoms with Gasteiger partial charge in [0.25, 0.3) is 0 Å². The molecule has 0 aromatic carbocycles. The lowest BCUT2D eigenvalue weighted by atomic mass is 10.2. The van der Waals surface area contributed by atoms with Crippen LogP contribution in [0.15, 0.2) is 12.2 Å². The maximum atomic E-state index is 8.53. The highest BCUT2D eigenvalue weighted by Gasteiger charge is 2.06. The van der Waals surface area contributed by atoms with Crippen LogP contribution in [0.5, 0.6) is 0 Å². The van der Waals surface area contributed by atoms with Crippen LogP contribution in [-0.4, -0.2) is 32.1 Å². The highest BCUT2D eigenvalue weighted by Crippen LogP contribution is 2.03. The van der Waals surface area contributed by atoms with Gasteiger partial charge in [-0.2, -0.15) is 0 Å². The van der Waals surface area contributed by atoms with E-state index in [1.165, 1.54) is 0 Å². The minimum atomic E-state index is -0.132. The number of hydrogen-bond acceptors (Lipinski definition) is 3. The smallest absolute Gasteiger partial charge is 0.129 e. The maximum Gasteiger partial charge on any atom is 0.129 e. The molecule has 0 saturated carbocycles. The van der Waals surface area contributed by atoms with Gasteiger partial charge in [-0.1, -0.05) is 6.58 Å². The first-order chi connectivity index (χ1) is 4.76. The molecule has 0 heterocycles. The van der Waals surface area contributed by atoms with Crippen LogP contribution in [0.1, 0.15) is 6.42 Å². The molecule has 1 unspecified atom stereocenters. The predicted molar refractivity (Wildman–Crippen MR) is 40.7 cm³/mol. The summed E-state index contributed by atoms with van der Waals surface area (Å²) in [5.74, 6) is 0. The molecule has 0 rings (SSSR count). The Morgan fingerprint density at radius 1 is 1.80 bits per heavy atom. The van der Waals surface area contributed by atoms with E-state index >= 15 is 0 Å². The van der Waals surface area contributed by atoms with Crippen LogP contribution in [-0.2, 0) is 4.74 Å². The first-order valence-electron chi connectivity index (χ1n) is 3.24. The van der Waals surface area contributed by atoms with Crippen molar-refractivity contribution >= 4 is 0 Å². The van der Waals surface area contributed by atoms with E-state index in [-0.39, 0.29) is 12.8 Å². The largest absolute Gasteiger partial charge is 0.396 e. The molecule has 2 N–H and O–H groups in total. The summed E-state index contributed by atoms with van der Waals surface area (Å²) in [6.07, 6.45) is 0.450. The number of rotatable bonds is 5. The van der Waals surface area contributed by atoms with E-state index in [0.717, 1.165) is 5.57 Å². The lowest BCUT2D eigenvalue weighted by Crippen LogP contribution is -2.29. The van der Waals surface area contributed by atoms with Gasteiger partial charge >= 0.3 is 0 Å². The number of methoxy groups -OCH3 is 1. The third-order valence-electron chi connectivity index (χ3n) is 1.30. The molecular formula is C7H15NO2. The first-order valence-corrected chi connectivity index (χ1v) is 3.24. The minimum absolute atomic E-state index is 0.125. The van der Waals surface area contributed by atoms with Crippen molar-refractivity contribution < 1.29 is 9.84 Å². The molecule has 0 aromatic heterocycles. The van der Waals surface area contributed by atoms with Gasteiger partial charge in [-0.3, -0.25) is 5.32 Å². The fraction of sp³-hybridized carbons (Fsp3) is 0.714. The molecule has 0 aliphatic heterocycles. The Morgan fingerprint density at radius 3 is 2.70 bits per heavy atom. The quantitative estimate of drug-likeness (QED) is 0.426. The summed E-state index contributed by atoms with van der Waals surface area (Å²) in [5.41, 5.74) is 0.868. The molecule has 3 heteroatoms. The molecule has 10 heavy (non-hydrogen) atoms. The second-order valence-corrected chi connectivity index (χ2v) is 2.04. The summed E-state index contributed by atoms with van der Waals surface area (Å²) in [6, 6.07) is 0. The number of aliphatic hydroxyl groups is 1. The highest BCUT2D eigenvalue weighted by atomic mass is 16.5. The van der Waals surface area contributed by atoms with Crippen LogP contribution in [0, 0.1) is 0 Å². The van der Waals surface area contributed by atoms with E-state index in [1.807, 2.05) is 0 Å². The lowest BCUT2D eigenvalue weighted by Gasteiger charge is -2.15. The second-order valence-electron chi connectivity index (χ2n) is 2.04. The molecule has 1 atom stereocenters. The molecule has 0 radical (unpaired) electrons. The van der Waals surface area contributed by atoms with Crippen LogP contribution in [0.4, 0.5) is 0 Å². The zero-order valence-corrected chi connectivity index (χ0v) is 6.55. The minimum Gasteiger partial charge on any atom is -0.396 e. The van der Waals surface area contributed by atoms with Crippen LogP contribution >= 0.6 is 0 Å². The van der Waals surface area contributed by atoms with Gasteiger partial charge < -0.3 is 9.84 Å². The predicted octanol–water partition coefficient (Wildman–Crippen LogP) is 0.117. The number of ether oxygens (including phenoxy) is 1. The average molecular weight is 145 g/mol. The average Bonchev–Trinajstić information content (AvgIpc) is 1.91. The summed E-state index contributed by atoms with van der Waals surface area (Å²) >= 11 is 0. The van der Waals surface area contributed by atoms with Crippen LogP contribution in [0.25, 0.3) is 0 Å². The van der Waals surface area contributed by atoms with Gasteiger partial charge in [0.2, 0.25) is 0 Å². The summed E-state index contributed by atoms with van der Waals surface area (Å²) < 4.78 is 4.99. The summed E-state index contributed by atoms with van der Waals surface area (Å²) in [7, 11) is 3.39. The molecule has 0 aromatic rings. The third-order valence-corrected chi connectivity index (χ3v) is 1.30. The van der Waals surface area contributed by atoms with Crippen molar-refractivity contribution in [3.63, 3.8) is 0 Å². The Bertz CT molecular complexity index is 99.8. The van der Waals surface area contributed by atoms with Gasteiger partial charge in [0.15, 0.2) is 0 Å². The van der Waals surface area contributed by atoms with Crippen molar-refractivity contribution in [3.05, 3.63) is 12.2 Å². The van der Waals surface area contributed by atoms with Crippen molar-refractivity contribution in [2.45, 2.75) is 12.6 Å². The Morgan fingerprint density at radius 2 is 2.40 bits per heavy atom. The van der Waals surface area contributed by atoms with Crippen LogP contribution in [0.2, 0.25) is 0 Å². The highest BCUT2D eigenvalue weighted by molar-refractivity contribution is 5.00. The summed E-state index contributed by atoms with van der Waals surface area (Å²) in [6.45, 7) is 3.86. The zero-order valence-electron chi connectivity index (χ0n) is 6.55. The molecule has 60 valence electrons. The van der Waals surface area contributed by atoms with Gasteiger partial charge in [-0.25, -0.2) is 0 Å². The molecule has 0 saturated heterocycles. The van der Waals surface area contributed by atoms with E-state index in [2.05, 4.69) is 11.9 Å². The van der Waals surface area contributed by atoms with Crippen molar-refractivity contribution in [3.8, 4) is 0 Å². The Labute approximate surface area is 61.7 Å². The monoisotopic (exact) mass is 145 g/mol. The molecule has 0 aliphatic rings. The van der Waals surface area contributed by atoms with Crippen molar-refractivity contribution in [2.75, 3.05) is 20.8 Å². The number of hydrogen-bond donors (Lipinski definition) is 2. The summed E-state index contributed by atoms with van der Waals surface area (Å²) in [5, 5.41) is 11.4. The lowest BCUT2D eigenvalue weighted by molar-refractivity contribution is 0.105. The van der Waals surface area contributed by atoms with Crippen LogP contribution < -0.4 is 5.32 Å². The zero-order chi connectivity index (χ0) is 7.98. The van der Waals surface area contributed by atoms with Gasteiger partial charge in [0.1, 0.15) is 6.23 Å². The SMILES string of the molecule is C=C(CCO)C(NC)OC. The van der Waals surface area contributed by atoms with Gasteiger partial charge in [0.05, 0.1) is 0 Å². The Kier molecular flexibility index (Phi) is 5.20. The standard InChI is InChI=1S/C7H15NO2/c1-6(4-5-9)7(8-2)10-3/h7-9H,1,4-5H2,2-3H3. The first kappa shape index (κ1) is 9.62. The van der Waals surface area contributed by atoms with Gasteiger partial charge in [-0.05, 0) is 19.0 Å². The Balaban J connectivity index is 3.65. The van der Waals surface area contributed by atoms with E-state index in [0.29, 0.717) is 6.42 Å². The topological polar surface area (TPSA) is 41.5 Å². The van der Waals surface area contributed by atoms with E-state index in [4.69, 9.17) is 9.84 Å². The number of nitrogens with one attached hydrogen (secondary N) is 1. The van der Waals surface area contributed by atoms with E-state index in [1.54, 1.807) is 14.2 Å². The normalized spacial score (nSPS) is 13.1. The molecule has 0 bridgehead atoms. The maximum absolute atomic E-state index is 8.53. The number of likely N-dealkylation sites (N-methyl/N-ethyl adjacent to an activating group) is 1. The molecule has 0 fully saturated rings. The van der Waals surface area contributed by atoms with E-state index < -0.39 is 0 Å². The van der Waals surface area contributed by atoms with Crippen molar-refractivity contribution in [2.24, 2.45) is 0 Å². The fourth-order valence-corrected chi connectivity index (χ4v) is 0.763. The van der Waals surface area contributed by atoms with Gasteiger partial charge in [0, 0.05) is 13.7 Å². The molecule has 0 spiro atoms. The second kappa shape index (κ2) is 5.41. The fourth-order valence-electron chi connectivity index (χ4n) is 0.763. The summed E-state index contributed by atoms with van der Waals surface area (Å²) in [4.78, 5) is 0. The molecule has 3 nitrogen and oxygen atoms in total. The third kappa shape index (κ3) is 2.96. The Hall–Kier alpha value is -0.380.